The summed E-state index contributed by atoms with van der Waals surface area (Å²) in [5.41, 5.74) is 11.3. The van der Waals surface area contributed by atoms with Gasteiger partial charge in [-0.2, -0.15) is 0 Å². The second kappa shape index (κ2) is 5.82. The maximum atomic E-state index is 10.5. The van der Waals surface area contributed by atoms with E-state index in [2.05, 4.69) is 16.2 Å². The molecule has 1 aromatic carbocycles. The minimum absolute atomic E-state index is 0.400. The molecule has 1 unspecified atom stereocenters. The van der Waals surface area contributed by atoms with Crippen LogP contribution >= 0.6 is 0 Å². The number of allylic oxidation sites excluding steroid dienone is 2. The van der Waals surface area contributed by atoms with Crippen LogP contribution in [0.25, 0.3) is 16.5 Å². The second-order valence-corrected chi connectivity index (χ2v) is 6.33. The van der Waals surface area contributed by atoms with E-state index in [0.717, 1.165) is 39.1 Å². The van der Waals surface area contributed by atoms with E-state index in [1.165, 1.54) is 0 Å². The van der Waals surface area contributed by atoms with Crippen molar-refractivity contribution in [3.8, 4) is 0 Å². The number of nitrogens with zero attached hydrogens (tertiary/aromatic N) is 2. The smallest absolute Gasteiger partial charge is 0.167 e. The van der Waals surface area contributed by atoms with Crippen LogP contribution in [0.1, 0.15) is 22.6 Å². The van der Waals surface area contributed by atoms with Crippen molar-refractivity contribution in [2.24, 2.45) is 5.73 Å². The molecule has 4 rings (SSSR count). The first kappa shape index (κ1) is 15.5. The van der Waals surface area contributed by atoms with Crippen LogP contribution < -0.4 is 5.73 Å². The molecule has 6 nitrogen and oxygen atoms in total. The van der Waals surface area contributed by atoms with Gasteiger partial charge < -0.3 is 25.2 Å². The van der Waals surface area contributed by atoms with Crippen molar-refractivity contribution in [3.05, 3.63) is 71.0 Å². The molecule has 0 saturated heterocycles. The number of aromatic amines is 1. The van der Waals surface area contributed by atoms with Crippen LogP contribution in [0.4, 0.5) is 0 Å². The highest BCUT2D eigenvalue weighted by Gasteiger charge is 2.24. The van der Waals surface area contributed by atoms with Crippen molar-refractivity contribution in [2.45, 2.75) is 26.6 Å². The van der Waals surface area contributed by atoms with Gasteiger partial charge in [-0.25, -0.2) is 0 Å². The predicted molar refractivity (Wildman–Crippen MR) is 96.1 cm³/mol. The van der Waals surface area contributed by atoms with Crippen LogP contribution in [0.5, 0.6) is 0 Å². The fourth-order valence-corrected chi connectivity index (χ4v) is 3.36. The largest absolute Gasteiger partial charge is 0.398 e. The van der Waals surface area contributed by atoms with Crippen molar-refractivity contribution in [2.75, 3.05) is 0 Å². The number of benzene rings is 1. The molecule has 0 fully saturated rings. The lowest BCUT2D eigenvalue weighted by Crippen LogP contribution is -2.37. The van der Waals surface area contributed by atoms with Gasteiger partial charge in [-0.15, -0.1) is 0 Å². The van der Waals surface area contributed by atoms with Gasteiger partial charge in [0.1, 0.15) is 5.76 Å². The number of nitrogens with one attached hydrogen (secondary N) is 1. The zero-order valence-electron chi connectivity index (χ0n) is 14.2. The maximum absolute atomic E-state index is 10.5. The molecule has 25 heavy (non-hydrogen) atoms. The van der Waals surface area contributed by atoms with Crippen LogP contribution in [0.15, 0.2) is 53.0 Å². The number of aliphatic hydroxyl groups excluding tert-OH is 1. The Kier molecular flexibility index (Phi) is 3.62. The molecule has 0 spiro atoms. The number of aryl methyl sites for hydroxylation is 2. The Hall–Kier alpha value is -2.99. The van der Waals surface area contributed by atoms with Gasteiger partial charge in [0.15, 0.2) is 6.23 Å². The number of rotatable bonds is 3. The minimum Gasteiger partial charge on any atom is -0.398 e. The Labute approximate surface area is 145 Å². The summed E-state index contributed by atoms with van der Waals surface area (Å²) in [6, 6.07) is 8.10. The number of nitrogens with two attached hydrogens (primary N) is 1. The van der Waals surface area contributed by atoms with Crippen molar-refractivity contribution >= 4 is 16.5 Å². The Morgan fingerprint density at radius 2 is 2.12 bits per heavy atom. The van der Waals surface area contributed by atoms with E-state index < -0.39 is 6.23 Å². The van der Waals surface area contributed by atoms with E-state index in [9.17, 15) is 5.11 Å². The molecule has 1 atom stereocenters. The summed E-state index contributed by atoms with van der Waals surface area (Å²) in [5, 5.41) is 15.6. The quantitative estimate of drug-likeness (QED) is 0.684. The molecular formula is C19H20N4O2. The number of fused-ring (bicyclic) bond motifs is 1. The molecule has 3 aromatic rings. The summed E-state index contributed by atoms with van der Waals surface area (Å²) in [7, 11) is 0. The molecule has 1 aliphatic heterocycles. The van der Waals surface area contributed by atoms with Crippen LogP contribution in [0.2, 0.25) is 0 Å². The highest BCUT2D eigenvalue weighted by atomic mass is 16.5. The molecule has 0 saturated carbocycles. The summed E-state index contributed by atoms with van der Waals surface area (Å²) in [6.45, 7) is 4.30. The predicted octanol–water partition coefficient (Wildman–Crippen LogP) is 2.79. The van der Waals surface area contributed by atoms with Gasteiger partial charge in [0, 0.05) is 41.0 Å². The molecule has 2 aromatic heterocycles. The molecule has 128 valence electrons. The van der Waals surface area contributed by atoms with Crippen molar-refractivity contribution in [1.29, 1.82) is 0 Å². The first-order valence-corrected chi connectivity index (χ1v) is 8.15. The highest BCUT2D eigenvalue weighted by molar-refractivity contribution is 5.83. The van der Waals surface area contributed by atoms with Gasteiger partial charge in [0.05, 0.1) is 11.4 Å². The average Bonchev–Trinajstić information content (AvgIpc) is 3.15. The zero-order valence-corrected chi connectivity index (χ0v) is 14.2. The van der Waals surface area contributed by atoms with Crippen LogP contribution in [-0.2, 0) is 6.54 Å². The lowest BCUT2D eigenvalue weighted by Gasteiger charge is -2.31. The van der Waals surface area contributed by atoms with Gasteiger partial charge >= 0.3 is 0 Å². The van der Waals surface area contributed by atoms with E-state index in [4.69, 9.17) is 10.3 Å². The van der Waals surface area contributed by atoms with Crippen molar-refractivity contribution in [1.82, 2.24) is 15.0 Å². The molecule has 0 bridgehead atoms. The Bertz CT molecular complexity index is 976. The zero-order chi connectivity index (χ0) is 17.6. The van der Waals surface area contributed by atoms with E-state index in [-0.39, 0.29) is 0 Å². The Balaban J connectivity index is 1.72. The van der Waals surface area contributed by atoms with Crippen molar-refractivity contribution < 1.29 is 9.63 Å². The summed E-state index contributed by atoms with van der Waals surface area (Å²) in [5.74, 6) is 0.733. The molecular weight excluding hydrogens is 316 g/mol. The Morgan fingerprint density at radius 1 is 1.32 bits per heavy atom. The molecule has 6 heteroatoms. The SMILES string of the molecule is Cc1noc(C)c1C1=CN(Cc2c[nH]c3ccccc23)C(O)C(N)=C1. The molecule has 1 aliphatic rings. The van der Waals surface area contributed by atoms with Crippen LogP contribution in [0.3, 0.4) is 0 Å². The third-order valence-electron chi connectivity index (χ3n) is 4.59. The van der Waals surface area contributed by atoms with E-state index >= 15 is 0 Å². The summed E-state index contributed by atoms with van der Waals surface area (Å²) in [4.78, 5) is 5.09. The number of para-hydroxylation sites is 1. The summed E-state index contributed by atoms with van der Waals surface area (Å²) in [6.07, 6.45) is 4.80. The summed E-state index contributed by atoms with van der Waals surface area (Å²) < 4.78 is 5.26. The molecule has 0 aliphatic carbocycles. The number of hydrogen-bond donors (Lipinski definition) is 3. The number of hydrogen-bond acceptors (Lipinski definition) is 5. The first-order valence-electron chi connectivity index (χ1n) is 8.15. The standard InChI is InChI=1S/C19H20N4O2/c1-11-18(12(2)25-22-11)13-7-16(20)19(24)23(9-13)10-14-8-21-17-6-4-3-5-15(14)17/h3-9,19,21,24H,10,20H2,1-2H3. The van der Waals surface area contributed by atoms with Gasteiger partial charge in [-0.05, 0) is 31.6 Å². The normalized spacial score (nSPS) is 17.7. The van der Waals surface area contributed by atoms with E-state index in [1.807, 2.05) is 49.3 Å². The fraction of sp³-hybridized carbons (Fsp3) is 0.211. The van der Waals surface area contributed by atoms with Gasteiger partial charge in [0.25, 0.3) is 0 Å². The lowest BCUT2D eigenvalue weighted by molar-refractivity contribution is 0.0615. The van der Waals surface area contributed by atoms with Gasteiger partial charge in [-0.1, -0.05) is 23.4 Å². The van der Waals surface area contributed by atoms with Crippen molar-refractivity contribution in [3.63, 3.8) is 0 Å². The summed E-state index contributed by atoms with van der Waals surface area (Å²) >= 11 is 0. The number of aliphatic hydroxyl groups is 1. The van der Waals surface area contributed by atoms with Crippen LogP contribution in [0, 0.1) is 13.8 Å². The van der Waals surface area contributed by atoms with E-state index in [0.29, 0.717) is 12.2 Å². The Morgan fingerprint density at radius 3 is 2.88 bits per heavy atom. The fourth-order valence-electron chi connectivity index (χ4n) is 3.36. The molecule has 0 amide bonds. The van der Waals surface area contributed by atoms with Gasteiger partial charge in [0.2, 0.25) is 0 Å². The molecule has 0 radical (unpaired) electrons. The van der Waals surface area contributed by atoms with Gasteiger partial charge in [-0.3, -0.25) is 0 Å². The van der Waals surface area contributed by atoms with Crippen LogP contribution in [-0.4, -0.2) is 26.4 Å². The average molecular weight is 336 g/mol. The monoisotopic (exact) mass is 336 g/mol. The first-order chi connectivity index (χ1) is 12.0. The topological polar surface area (TPSA) is 91.3 Å². The third-order valence-corrected chi connectivity index (χ3v) is 4.59. The molecule has 3 heterocycles. The van der Waals surface area contributed by atoms with E-state index in [1.54, 1.807) is 6.08 Å². The third kappa shape index (κ3) is 2.60. The second-order valence-electron chi connectivity index (χ2n) is 6.33. The number of H-pyrrole nitrogens is 1. The lowest BCUT2D eigenvalue weighted by atomic mass is 10.0. The molecule has 4 N–H and O–H groups in total. The number of aromatic nitrogens is 2. The highest BCUT2D eigenvalue weighted by Crippen LogP contribution is 2.30. The maximum Gasteiger partial charge on any atom is 0.167 e. The minimum atomic E-state index is -0.863.